The predicted octanol–water partition coefficient (Wildman–Crippen LogP) is -0.882. The molecule has 0 aliphatic carbocycles. The van der Waals surface area contributed by atoms with Gasteiger partial charge in [0.2, 0.25) is 0 Å². The van der Waals surface area contributed by atoms with Gasteiger partial charge in [-0.3, -0.25) is 5.73 Å². The lowest BCUT2D eigenvalue weighted by molar-refractivity contribution is -0.878. The molecule has 0 fully saturated rings. The quantitative estimate of drug-likeness (QED) is 0.350. The third kappa shape index (κ3) is 7.73. The third-order valence-electron chi connectivity index (χ3n) is 1.00. The second-order valence-electron chi connectivity index (χ2n) is 2.81. The average Bonchev–Trinajstić information content (AvgIpc) is 1.60. The van der Waals surface area contributed by atoms with Gasteiger partial charge in [0.25, 0.3) is 0 Å². The minimum atomic E-state index is -4.15. The van der Waals surface area contributed by atoms with E-state index >= 15 is 0 Å². The Balaban J connectivity index is 0. The molecule has 5 nitrogen and oxygen atoms in total. The fourth-order valence-corrected chi connectivity index (χ4v) is 1.44. The Hall–Kier alpha value is -0.170. The van der Waals surface area contributed by atoms with Crippen molar-refractivity contribution in [1.82, 2.24) is 0 Å². The summed E-state index contributed by atoms with van der Waals surface area (Å²) >= 11 is 0. The summed E-state index contributed by atoms with van der Waals surface area (Å²) in [6, 6.07) is 0. The van der Waals surface area contributed by atoms with Gasteiger partial charge in [-0.15, -0.1) is 0 Å². The van der Waals surface area contributed by atoms with Crippen molar-refractivity contribution >= 4 is 10.1 Å². The maximum absolute atomic E-state index is 10.2. The molecule has 0 aliphatic heterocycles. The summed E-state index contributed by atoms with van der Waals surface area (Å²) in [6.07, 6.45) is 0. The molecular weight excluding hydrogens is 168 g/mol. The van der Waals surface area contributed by atoms with Crippen LogP contribution in [0.25, 0.3) is 0 Å². The first-order valence-electron chi connectivity index (χ1n) is 2.72. The van der Waals surface area contributed by atoms with Gasteiger partial charge in [-0.2, -0.15) is 0 Å². The summed E-state index contributed by atoms with van der Waals surface area (Å²) in [7, 11) is -0.994. The highest BCUT2D eigenvalue weighted by Gasteiger charge is 2.15. The van der Waals surface area contributed by atoms with Gasteiger partial charge in [-0.05, 0) is 0 Å². The summed E-state index contributed by atoms with van der Waals surface area (Å²) < 4.78 is 30.5. The molecule has 0 aromatic heterocycles. The molecular formula is C5H16N2O3S. The maximum atomic E-state index is 10.2. The van der Waals surface area contributed by atoms with E-state index in [0.29, 0.717) is 0 Å². The minimum Gasteiger partial charge on any atom is -0.744 e. The zero-order valence-electron chi connectivity index (χ0n) is 6.07. The van der Waals surface area contributed by atoms with E-state index < -0.39 is 16.0 Å². The van der Waals surface area contributed by atoms with Crippen molar-refractivity contribution in [2.75, 3.05) is 26.6 Å². The first-order chi connectivity index (χ1) is 4.27. The van der Waals surface area contributed by atoms with Crippen LogP contribution in [-0.4, -0.2) is 44.1 Å². The second-order valence-corrected chi connectivity index (χ2v) is 4.18. The fraction of sp³-hybridized carbons (Fsp3) is 1.00. The van der Waals surface area contributed by atoms with E-state index in [1.807, 2.05) is 0 Å². The maximum Gasteiger partial charge on any atom is 0.169 e. The van der Waals surface area contributed by atoms with Crippen LogP contribution in [0, 0.1) is 0 Å². The summed E-state index contributed by atoms with van der Waals surface area (Å²) in [5, 5.41) is 0. The third-order valence-corrected chi connectivity index (χ3v) is 2.02. The lowest BCUT2D eigenvalue weighted by Gasteiger charge is -2.28. The Morgan fingerprint density at radius 1 is 1.45 bits per heavy atom. The van der Waals surface area contributed by atoms with Crippen LogP contribution in [-0.2, 0) is 10.1 Å². The lowest BCUT2D eigenvalue weighted by atomic mass is 10.7. The van der Waals surface area contributed by atoms with Crippen molar-refractivity contribution in [3.63, 3.8) is 0 Å². The van der Waals surface area contributed by atoms with Gasteiger partial charge < -0.3 is 9.04 Å². The minimum absolute atomic E-state index is 0. The van der Waals surface area contributed by atoms with Crippen LogP contribution in [0.1, 0.15) is 7.43 Å². The average molecular weight is 184 g/mol. The molecule has 0 unspecified atom stereocenters. The standard InChI is InChI=1S/C4H12N2O3S.CH4/c1-6(2,3-5)4-10(7,8)9;/h3-5H2,1-2H3;1H4. The zero-order valence-corrected chi connectivity index (χ0v) is 6.89. The Morgan fingerprint density at radius 3 is 1.91 bits per heavy atom. The smallest absolute Gasteiger partial charge is 0.169 e. The molecule has 0 aromatic rings. The van der Waals surface area contributed by atoms with Gasteiger partial charge in [0.1, 0.15) is 16.8 Å². The highest BCUT2D eigenvalue weighted by molar-refractivity contribution is 7.85. The molecule has 0 rings (SSSR count). The van der Waals surface area contributed by atoms with Crippen molar-refractivity contribution in [3.05, 3.63) is 0 Å². The summed E-state index contributed by atoms with van der Waals surface area (Å²) in [5.74, 6) is -0.455. The molecule has 0 radical (unpaired) electrons. The summed E-state index contributed by atoms with van der Waals surface area (Å²) in [5.41, 5.74) is 5.18. The van der Waals surface area contributed by atoms with Crippen molar-refractivity contribution in [3.8, 4) is 0 Å². The molecule has 0 aliphatic rings. The van der Waals surface area contributed by atoms with Gasteiger partial charge in [-0.1, -0.05) is 7.43 Å². The van der Waals surface area contributed by atoms with Crippen LogP contribution < -0.4 is 5.73 Å². The molecule has 0 saturated heterocycles. The van der Waals surface area contributed by atoms with Crippen LogP contribution in [0.4, 0.5) is 0 Å². The van der Waals surface area contributed by atoms with E-state index in [4.69, 9.17) is 5.73 Å². The second kappa shape index (κ2) is 4.01. The first-order valence-corrected chi connectivity index (χ1v) is 4.30. The first kappa shape index (κ1) is 13.4. The topological polar surface area (TPSA) is 83.2 Å². The molecule has 0 saturated carbocycles. The summed E-state index contributed by atoms with van der Waals surface area (Å²) in [6.45, 7) is 0.140. The Kier molecular flexibility index (Phi) is 4.89. The van der Waals surface area contributed by atoms with E-state index in [1.165, 1.54) is 0 Å². The highest BCUT2D eigenvalue weighted by Crippen LogP contribution is 1.96. The van der Waals surface area contributed by atoms with Crippen molar-refractivity contribution in [1.29, 1.82) is 0 Å². The monoisotopic (exact) mass is 184 g/mol. The number of quaternary nitrogens is 1. The van der Waals surface area contributed by atoms with Gasteiger partial charge in [0.15, 0.2) is 5.88 Å². The van der Waals surface area contributed by atoms with E-state index in [2.05, 4.69) is 0 Å². The molecule has 70 valence electrons. The van der Waals surface area contributed by atoms with Crippen LogP contribution in [0.3, 0.4) is 0 Å². The van der Waals surface area contributed by atoms with Gasteiger partial charge in [0.05, 0.1) is 14.1 Å². The van der Waals surface area contributed by atoms with Gasteiger partial charge in [0, 0.05) is 0 Å². The highest BCUT2D eigenvalue weighted by atomic mass is 32.2. The largest absolute Gasteiger partial charge is 0.744 e. The van der Waals surface area contributed by atoms with Gasteiger partial charge >= 0.3 is 0 Å². The molecule has 0 heterocycles. The van der Waals surface area contributed by atoms with Crippen LogP contribution in [0.2, 0.25) is 0 Å². The molecule has 0 spiro atoms. The molecule has 11 heavy (non-hydrogen) atoms. The lowest BCUT2D eigenvalue weighted by Crippen LogP contribution is -2.47. The number of rotatable bonds is 3. The zero-order chi connectivity index (χ0) is 8.41. The van der Waals surface area contributed by atoms with Crippen LogP contribution in [0.15, 0.2) is 0 Å². The Labute approximate surface area is 68.1 Å². The van der Waals surface area contributed by atoms with Crippen molar-refractivity contribution in [2.24, 2.45) is 5.73 Å². The molecule has 0 atom stereocenters. The number of nitrogens with zero attached hydrogens (tertiary/aromatic N) is 1. The molecule has 0 amide bonds. The SMILES string of the molecule is C.C[N+](C)(CN)CS(=O)(=O)[O-]. The Morgan fingerprint density at radius 2 is 1.82 bits per heavy atom. The normalized spacial score (nSPS) is 12.4. The predicted molar refractivity (Wildman–Crippen MR) is 42.5 cm³/mol. The van der Waals surface area contributed by atoms with Crippen LogP contribution in [0.5, 0.6) is 0 Å². The number of nitrogens with two attached hydrogens (primary N) is 1. The van der Waals surface area contributed by atoms with Crippen molar-refractivity contribution in [2.45, 2.75) is 7.43 Å². The molecule has 0 aromatic carbocycles. The van der Waals surface area contributed by atoms with Crippen LogP contribution >= 0.6 is 0 Å². The van der Waals surface area contributed by atoms with E-state index in [0.717, 1.165) is 0 Å². The molecule has 0 bridgehead atoms. The molecule has 6 heteroatoms. The van der Waals surface area contributed by atoms with E-state index in [-0.39, 0.29) is 18.6 Å². The fourth-order valence-electron chi connectivity index (χ4n) is 0.481. The number of hydrogen-bond donors (Lipinski definition) is 1. The van der Waals surface area contributed by atoms with E-state index in [1.54, 1.807) is 14.1 Å². The van der Waals surface area contributed by atoms with E-state index in [9.17, 15) is 13.0 Å². The molecule has 2 N–H and O–H groups in total. The van der Waals surface area contributed by atoms with Crippen molar-refractivity contribution < 1.29 is 17.5 Å². The summed E-state index contributed by atoms with van der Waals surface area (Å²) in [4.78, 5) is 0. The van der Waals surface area contributed by atoms with Gasteiger partial charge in [-0.25, -0.2) is 8.42 Å². The number of hydrogen-bond acceptors (Lipinski definition) is 4. The Bertz CT molecular complexity index is 198.